The summed E-state index contributed by atoms with van der Waals surface area (Å²) in [6.45, 7) is 4.60. The van der Waals surface area contributed by atoms with Crippen molar-refractivity contribution >= 4 is 15.8 Å². The van der Waals surface area contributed by atoms with Crippen molar-refractivity contribution in [3.8, 4) is 5.75 Å². The van der Waals surface area contributed by atoms with Crippen molar-refractivity contribution in [2.24, 2.45) is 5.92 Å². The summed E-state index contributed by atoms with van der Waals surface area (Å²) < 4.78 is 32.4. The van der Waals surface area contributed by atoms with Gasteiger partial charge < -0.3 is 4.74 Å². The van der Waals surface area contributed by atoms with E-state index < -0.39 is 10.0 Å². The molecular weight excluding hydrogens is 362 g/mol. The predicted molar refractivity (Wildman–Crippen MR) is 105 cm³/mol. The Morgan fingerprint density at radius 3 is 2.19 bits per heavy atom. The molecule has 0 N–H and O–H groups in total. The number of Topliss-reactive ketones (excluding diaryl/α,β-unsaturated/α-hetero) is 1. The van der Waals surface area contributed by atoms with Gasteiger partial charge in [0.1, 0.15) is 5.75 Å². The van der Waals surface area contributed by atoms with E-state index in [-0.39, 0.29) is 11.7 Å². The van der Waals surface area contributed by atoms with Crippen LogP contribution >= 0.6 is 0 Å². The molecule has 0 radical (unpaired) electrons. The molecule has 0 saturated carbocycles. The molecule has 0 unspecified atom stereocenters. The van der Waals surface area contributed by atoms with Gasteiger partial charge in [-0.15, -0.1) is 0 Å². The molecule has 1 heterocycles. The lowest BCUT2D eigenvalue weighted by atomic mass is 9.89. The van der Waals surface area contributed by atoms with Gasteiger partial charge in [-0.25, -0.2) is 8.42 Å². The van der Waals surface area contributed by atoms with Crippen LogP contribution in [0.25, 0.3) is 0 Å². The van der Waals surface area contributed by atoms with Crippen molar-refractivity contribution in [3.63, 3.8) is 0 Å². The Labute approximate surface area is 161 Å². The molecule has 1 aliphatic rings. The van der Waals surface area contributed by atoms with Gasteiger partial charge in [0.05, 0.1) is 12.0 Å². The molecule has 0 spiro atoms. The minimum atomic E-state index is -3.52. The van der Waals surface area contributed by atoms with Crippen LogP contribution in [-0.4, -0.2) is 38.7 Å². The first-order valence-electron chi connectivity index (χ1n) is 9.08. The summed E-state index contributed by atoms with van der Waals surface area (Å²) >= 11 is 0. The van der Waals surface area contributed by atoms with E-state index in [1.807, 2.05) is 19.9 Å². The fourth-order valence-corrected chi connectivity index (χ4v) is 4.93. The van der Waals surface area contributed by atoms with Crippen LogP contribution in [0, 0.1) is 19.8 Å². The number of aryl methyl sites for hydroxylation is 2. The number of rotatable bonds is 5. The third-order valence-corrected chi connectivity index (χ3v) is 7.21. The first-order chi connectivity index (χ1) is 12.8. The maximum atomic E-state index is 12.9. The van der Waals surface area contributed by atoms with E-state index in [0.29, 0.717) is 42.1 Å². The molecule has 6 heteroatoms. The van der Waals surface area contributed by atoms with Crippen LogP contribution in [0.4, 0.5) is 0 Å². The summed E-state index contributed by atoms with van der Waals surface area (Å²) in [5, 5.41) is 0. The van der Waals surface area contributed by atoms with Crippen molar-refractivity contribution in [2.45, 2.75) is 31.6 Å². The lowest BCUT2D eigenvalue weighted by molar-refractivity contribution is 0.0875. The van der Waals surface area contributed by atoms with Crippen LogP contribution in [0.1, 0.15) is 34.3 Å². The Balaban J connectivity index is 1.68. The van der Waals surface area contributed by atoms with Crippen molar-refractivity contribution in [1.29, 1.82) is 0 Å². The molecule has 3 rings (SSSR count). The predicted octanol–water partition coefficient (Wildman–Crippen LogP) is 3.60. The fourth-order valence-electron chi connectivity index (χ4n) is 3.37. The van der Waals surface area contributed by atoms with Crippen molar-refractivity contribution in [1.82, 2.24) is 4.31 Å². The summed E-state index contributed by atoms with van der Waals surface area (Å²) in [6.07, 6.45) is 1.07. The first-order valence-corrected chi connectivity index (χ1v) is 10.5. The number of hydrogen-bond acceptors (Lipinski definition) is 4. The second-order valence-electron chi connectivity index (χ2n) is 7.02. The fraction of sp³-hybridized carbons (Fsp3) is 0.381. The van der Waals surface area contributed by atoms with E-state index in [0.717, 1.165) is 11.1 Å². The third kappa shape index (κ3) is 4.06. The zero-order valence-electron chi connectivity index (χ0n) is 15.9. The quantitative estimate of drug-likeness (QED) is 0.736. The van der Waals surface area contributed by atoms with Gasteiger partial charge in [-0.05, 0) is 74.2 Å². The van der Waals surface area contributed by atoms with E-state index in [2.05, 4.69) is 0 Å². The number of methoxy groups -OCH3 is 1. The van der Waals surface area contributed by atoms with Gasteiger partial charge in [0.15, 0.2) is 5.78 Å². The van der Waals surface area contributed by atoms with Gasteiger partial charge in [-0.1, -0.05) is 6.07 Å². The number of hydrogen-bond donors (Lipinski definition) is 0. The lowest BCUT2D eigenvalue weighted by Gasteiger charge is -2.30. The Kier molecular flexibility index (Phi) is 5.67. The lowest BCUT2D eigenvalue weighted by Crippen LogP contribution is -2.40. The summed E-state index contributed by atoms with van der Waals surface area (Å²) in [4.78, 5) is 13.0. The smallest absolute Gasteiger partial charge is 0.243 e. The number of ether oxygens (including phenoxy) is 1. The normalized spacial score (nSPS) is 16.3. The third-order valence-electron chi connectivity index (χ3n) is 5.32. The molecule has 144 valence electrons. The van der Waals surface area contributed by atoms with Crippen LogP contribution in [0.15, 0.2) is 47.4 Å². The largest absolute Gasteiger partial charge is 0.497 e. The molecular formula is C21H25NO4S. The number of nitrogens with zero attached hydrogens (tertiary/aromatic N) is 1. The summed E-state index contributed by atoms with van der Waals surface area (Å²) in [6, 6.07) is 12.3. The summed E-state index contributed by atoms with van der Waals surface area (Å²) in [7, 11) is -1.93. The summed E-state index contributed by atoms with van der Waals surface area (Å²) in [5.41, 5.74) is 2.67. The number of sulfonamides is 1. The van der Waals surface area contributed by atoms with Gasteiger partial charge >= 0.3 is 0 Å². The molecule has 0 atom stereocenters. The molecule has 0 aliphatic carbocycles. The van der Waals surface area contributed by atoms with Crippen LogP contribution in [0.3, 0.4) is 0 Å². The Bertz CT molecular complexity index is 927. The standard InChI is InChI=1S/C21H25NO4S/c1-15-4-9-20(14-16(15)2)27(24,25)22-12-10-18(11-13-22)21(23)17-5-7-19(26-3)8-6-17/h4-9,14,18H,10-13H2,1-3H3. The number of carbonyl (C=O) groups excluding carboxylic acids is 1. The highest BCUT2D eigenvalue weighted by Gasteiger charge is 2.32. The van der Waals surface area contributed by atoms with Crippen LogP contribution < -0.4 is 4.74 Å². The zero-order chi connectivity index (χ0) is 19.6. The van der Waals surface area contributed by atoms with Gasteiger partial charge in [0.2, 0.25) is 10.0 Å². The molecule has 0 aromatic heterocycles. The molecule has 1 aliphatic heterocycles. The number of ketones is 1. The SMILES string of the molecule is COc1ccc(C(=O)C2CCN(S(=O)(=O)c3ccc(C)c(C)c3)CC2)cc1. The molecule has 1 saturated heterocycles. The van der Waals surface area contributed by atoms with Crippen LogP contribution in [0.5, 0.6) is 5.75 Å². The van der Waals surface area contributed by atoms with Gasteiger partial charge in [0, 0.05) is 24.6 Å². The average molecular weight is 388 g/mol. The zero-order valence-corrected chi connectivity index (χ0v) is 16.8. The Morgan fingerprint density at radius 2 is 1.63 bits per heavy atom. The second-order valence-corrected chi connectivity index (χ2v) is 8.96. The van der Waals surface area contributed by atoms with E-state index in [4.69, 9.17) is 4.74 Å². The van der Waals surface area contributed by atoms with Gasteiger partial charge in [0.25, 0.3) is 0 Å². The monoisotopic (exact) mass is 387 g/mol. The second kappa shape index (κ2) is 7.82. The first kappa shape index (κ1) is 19.6. The minimum Gasteiger partial charge on any atom is -0.497 e. The van der Waals surface area contributed by atoms with E-state index >= 15 is 0 Å². The molecule has 27 heavy (non-hydrogen) atoms. The molecule has 5 nitrogen and oxygen atoms in total. The minimum absolute atomic E-state index is 0.0703. The number of piperidine rings is 1. The van der Waals surface area contributed by atoms with Crippen molar-refractivity contribution in [2.75, 3.05) is 20.2 Å². The molecule has 2 aromatic rings. The van der Waals surface area contributed by atoms with Gasteiger partial charge in [-0.2, -0.15) is 4.31 Å². The highest BCUT2D eigenvalue weighted by Crippen LogP contribution is 2.27. The van der Waals surface area contributed by atoms with Crippen molar-refractivity contribution < 1.29 is 17.9 Å². The molecule has 0 amide bonds. The van der Waals surface area contributed by atoms with E-state index in [1.54, 1.807) is 43.5 Å². The Morgan fingerprint density at radius 1 is 1.00 bits per heavy atom. The maximum absolute atomic E-state index is 12.9. The maximum Gasteiger partial charge on any atom is 0.243 e. The van der Waals surface area contributed by atoms with Crippen LogP contribution in [0.2, 0.25) is 0 Å². The highest BCUT2D eigenvalue weighted by atomic mass is 32.2. The molecule has 1 fully saturated rings. The van der Waals surface area contributed by atoms with E-state index in [1.165, 1.54) is 4.31 Å². The summed E-state index contributed by atoms with van der Waals surface area (Å²) in [5.74, 6) is 0.631. The number of benzene rings is 2. The van der Waals surface area contributed by atoms with Crippen molar-refractivity contribution in [3.05, 3.63) is 59.2 Å². The van der Waals surface area contributed by atoms with Gasteiger partial charge in [-0.3, -0.25) is 4.79 Å². The van der Waals surface area contributed by atoms with Crippen LogP contribution in [-0.2, 0) is 10.0 Å². The molecule has 0 bridgehead atoms. The van der Waals surface area contributed by atoms with E-state index in [9.17, 15) is 13.2 Å². The Hall–Kier alpha value is -2.18. The molecule has 2 aromatic carbocycles. The average Bonchev–Trinajstić information content (AvgIpc) is 2.69. The number of carbonyl (C=O) groups is 1. The highest BCUT2D eigenvalue weighted by molar-refractivity contribution is 7.89. The topological polar surface area (TPSA) is 63.7 Å².